The van der Waals surface area contributed by atoms with Gasteiger partial charge < -0.3 is 15.5 Å². The number of nitrogens with one attached hydrogen (secondary N) is 2. The summed E-state index contributed by atoms with van der Waals surface area (Å²) in [5, 5.41) is 6.48. The van der Waals surface area contributed by atoms with E-state index >= 15 is 0 Å². The standard InChI is InChI=1S/C22H23N5O/c1-16(28)17-4-6-19(7-5-17)25-22-23-13-12-21(26-22)24-18-8-10-20(11-9-18)27-14-2-3-15-27/h4-13H,2-3,14-15H2,1H3,(H2,23,24,25,26). The van der Waals surface area contributed by atoms with E-state index in [2.05, 4.69) is 49.8 Å². The smallest absolute Gasteiger partial charge is 0.229 e. The summed E-state index contributed by atoms with van der Waals surface area (Å²) in [5.41, 5.74) is 3.76. The van der Waals surface area contributed by atoms with Crippen molar-refractivity contribution in [3.05, 3.63) is 66.4 Å². The van der Waals surface area contributed by atoms with Crippen molar-refractivity contribution in [2.24, 2.45) is 0 Å². The second-order valence-electron chi connectivity index (χ2n) is 6.89. The predicted molar refractivity (Wildman–Crippen MR) is 113 cm³/mol. The average Bonchev–Trinajstić information content (AvgIpc) is 3.24. The van der Waals surface area contributed by atoms with E-state index in [0.717, 1.165) is 24.5 Å². The lowest BCUT2D eigenvalue weighted by atomic mass is 10.1. The van der Waals surface area contributed by atoms with Crippen molar-refractivity contribution in [3.8, 4) is 0 Å². The molecule has 1 aliphatic heterocycles. The van der Waals surface area contributed by atoms with E-state index in [9.17, 15) is 4.79 Å². The Morgan fingerprint density at radius 2 is 1.54 bits per heavy atom. The van der Waals surface area contributed by atoms with Gasteiger partial charge in [0.2, 0.25) is 5.95 Å². The molecule has 2 N–H and O–H groups in total. The largest absolute Gasteiger partial charge is 0.372 e. The summed E-state index contributed by atoms with van der Waals surface area (Å²) >= 11 is 0. The van der Waals surface area contributed by atoms with Crippen LogP contribution in [-0.4, -0.2) is 28.8 Å². The molecule has 0 spiro atoms. The molecule has 2 aromatic carbocycles. The fraction of sp³-hybridized carbons (Fsp3) is 0.227. The molecule has 1 aromatic heterocycles. The van der Waals surface area contributed by atoms with Gasteiger partial charge in [0, 0.05) is 41.9 Å². The van der Waals surface area contributed by atoms with Crippen LogP contribution < -0.4 is 15.5 Å². The molecule has 0 atom stereocenters. The van der Waals surface area contributed by atoms with Crippen molar-refractivity contribution in [1.82, 2.24) is 9.97 Å². The van der Waals surface area contributed by atoms with Crippen LogP contribution in [0.25, 0.3) is 0 Å². The van der Waals surface area contributed by atoms with Crippen LogP contribution in [0.3, 0.4) is 0 Å². The van der Waals surface area contributed by atoms with Gasteiger partial charge in [-0.05, 0) is 74.4 Å². The van der Waals surface area contributed by atoms with Gasteiger partial charge >= 0.3 is 0 Å². The molecule has 1 fully saturated rings. The third kappa shape index (κ3) is 4.28. The Balaban J connectivity index is 1.42. The molecule has 0 amide bonds. The van der Waals surface area contributed by atoms with Gasteiger partial charge in [-0.2, -0.15) is 4.98 Å². The number of nitrogens with zero attached hydrogens (tertiary/aromatic N) is 3. The number of carbonyl (C=O) groups excluding carboxylic acids is 1. The van der Waals surface area contributed by atoms with E-state index in [1.165, 1.54) is 18.5 Å². The van der Waals surface area contributed by atoms with Gasteiger partial charge in [0.15, 0.2) is 5.78 Å². The number of Topliss-reactive ketones (excluding diaryl/α,β-unsaturated/α-hetero) is 1. The van der Waals surface area contributed by atoms with E-state index in [0.29, 0.717) is 17.3 Å². The maximum atomic E-state index is 11.4. The van der Waals surface area contributed by atoms with E-state index in [1.54, 1.807) is 25.3 Å². The van der Waals surface area contributed by atoms with Crippen molar-refractivity contribution in [2.75, 3.05) is 28.6 Å². The van der Waals surface area contributed by atoms with Gasteiger partial charge in [0.1, 0.15) is 5.82 Å². The first-order valence-electron chi connectivity index (χ1n) is 9.50. The summed E-state index contributed by atoms with van der Waals surface area (Å²) in [6, 6.07) is 17.5. The van der Waals surface area contributed by atoms with E-state index < -0.39 is 0 Å². The van der Waals surface area contributed by atoms with Crippen molar-refractivity contribution in [3.63, 3.8) is 0 Å². The number of rotatable bonds is 6. The molecule has 1 aliphatic rings. The van der Waals surface area contributed by atoms with Gasteiger partial charge in [-0.3, -0.25) is 4.79 Å². The van der Waals surface area contributed by atoms with Crippen LogP contribution >= 0.6 is 0 Å². The summed E-state index contributed by atoms with van der Waals surface area (Å²) in [7, 11) is 0. The van der Waals surface area contributed by atoms with Crippen LogP contribution in [0.5, 0.6) is 0 Å². The van der Waals surface area contributed by atoms with Crippen LogP contribution in [0, 0.1) is 0 Å². The lowest BCUT2D eigenvalue weighted by Crippen LogP contribution is -2.17. The summed E-state index contributed by atoms with van der Waals surface area (Å²) in [4.78, 5) is 22.6. The molecule has 0 unspecified atom stereocenters. The van der Waals surface area contributed by atoms with Gasteiger partial charge in [0.25, 0.3) is 0 Å². The Kier molecular flexibility index (Phi) is 5.19. The lowest BCUT2D eigenvalue weighted by molar-refractivity contribution is 0.101. The molecule has 28 heavy (non-hydrogen) atoms. The van der Waals surface area contributed by atoms with Crippen molar-refractivity contribution >= 4 is 34.6 Å². The van der Waals surface area contributed by atoms with E-state index in [4.69, 9.17) is 0 Å². The Morgan fingerprint density at radius 3 is 2.21 bits per heavy atom. The molecular formula is C22H23N5O. The van der Waals surface area contributed by atoms with Gasteiger partial charge in [0.05, 0.1) is 0 Å². The minimum atomic E-state index is 0.0461. The molecule has 142 valence electrons. The molecule has 6 nitrogen and oxygen atoms in total. The molecule has 0 bridgehead atoms. The summed E-state index contributed by atoms with van der Waals surface area (Å²) in [6.07, 6.45) is 4.25. The molecule has 2 heterocycles. The first-order chi connectivity index (χ1) is 13.7. The quantitative estimate of drug-likeness (QED) is 0.607. The highest BCUT2D eigenvalue weighted by Crippen LogP contribution is 2.24. The molecule has 3 aromatic rings. The SMILES string of the molecule is CC(=O)c1ccc(Nc2nccc(Nc3ccc(N4CCCC4)cc3)n2)cc1. The first kappa shape index (κ1) is 18.0. The van der Waals surface area contributed by atoms with Gasteiger partial charge in [-0.25, -0.2) is 4.98 Å². The third-order valence-electron chi connectivity index (χ3n) is 4.81. The molecule has 4 rings (SSSR count). The van der Waals surface area contributed by atoms with Crippen LogP contribution in [0.2, 0.25) is 0 Å². The lowest BCUT2D eigenvalue weighted by Gasteiger charge is -2.18. The molecule has 6 heteroatoms. The average molecular weight is 373 g/mol. The Morgan fingerprint density at radius 1 is 0.893 bits per heavy atom. The molecular weight excluding hydrogens is 350 g/mol. The van der Waals surface area contributed by atoms with Crippen LogP contribution in [0.4, 0.5) is 28.8 Å². The number of anilines is 5. The van der Waals surface area contributed by atoms with Gasteiger partial charge in [-0.15, -0.1) is 0 Å². The highest BCUT2D eigenvalue weighted by molar-refractivity contribution is 5.94. The zero-order chi connectivity index (χ0) is 19.3. The van der Waals surface area contributed by atoms with E-state index in [1.807, 2.05) is 18.2 Å². The van der Waals surface area contributed by atoms with Crippen LogP contribution in [0.1, 0.15) is 30.1 Å². The van der Waals surface area contributed by atoms with Crippen molar-refractivity contribution < 1.29 is 4.79 Å². The predicted octanol–water partition coefficient (Wildman–Crippen LogP) is 4.77. The Bertz CT molecular complexity index is 947. The monoisotopic (exact) mass is 373 g/mol. The van der Waals surface area contributed by atoms with Crippen molar-refractivity contribution in [2.45, 2.75) is 19.8 Å². The maximum Gasteiger partial charge on any atom is 0.229 e. The maximum absolute atomic E-state index is 11.4. The van der Waals surface area contributed by atoms with E-state index in [-0.39, 0.29) is 5.78 Å². The minimum absolute atomic E-state index is 0.0461. The third-order valence-corrected chi connectivity index (χ3v) is 4.81. The summed E-state index contributed by atoms with van der Waals surface area (Å²) < 4.78 is 0. The van der Waals surface area contributed by atoms with Crippen LogP contribution in [-0.2, 0) is 0 Å². The molecule has 1 saturated heterocycles. The fourth-order valence-electron chi connectivity index (χ4n) is 3.28. The second-order valence-corrected chi connectivity index (χ2v) is 6.89. The summed E-state index contributed by atoms with van der Waals surface area (Å²) in [6.45, 7) is 3.83. The number of aromatic nitrogens is 2. The Labute approximate surface area is 164 Å². The normalized spacial score (nSPS) is 13.4. The van der Waals surface area contributed by atoms with Crippen molar-refractivity contribution in [1.29, 1.82) is 0 Å². The van der Waals surface area contributed by atoms with Gasteiger partial charge in [-0.1, -0.05) is 0 Å². The first-order valence-corrected chi connectivity index (χ1v) is 9.50. The molecule has 0 saturated carbocycles. The second kappa shape index (κ2) is 8.08. The zero-order valence-electron chi connectivity index (χ0n) is 15.9. The number of benzene rings is 2. The number of ketones is 1. The fourth-order valence-corrected chi connectivity index (χ4v) is 3.28. The number of hydrogen-bond donors (Lipinski definition) is 2. The minimum Gasteiger partial charge on any atom is -0.372 e. The summed E-state index contributed by atoms with van der Waals surface area (Å²) in [5.74, 6) is 1.26. The number of carbonyl (C=O) groups is 1. The Hall–Kier alpha value is -3.41. The number of hydrogen-bond acceptors (Lipinski definition) is 6. The topological polar surface area (TPSA) is 70.2 Å². The highest BCUT2D eigenvalue weighted by atomic mass is 16.1. The van der Waals surface area contributed by atoms with Crippen LogP contribution in [0.15, 0.2) is 60.8 Å². The highest BCUT2D eigenvalue weighted by Gasteiger charge is 2.11. The molecule has 0 radical (unpaired) electrons. The zero-order valence-corrected chi connectivity index (χ0v) is 15.9. The molecule has 0 aliphatic carbocycles.